The molecule has 1 unspecified atom stereocenters. The second kappa shape index (κ2) is 11.1. The van der Waals surface area contributed by atoms with Crippen molar-refractivity contribution in [1.29, 1.82) is 0 Å². The molecule has 0 saturated carbocycles. The van der Waals surface area contributed by atoms with Gasteiger partial charge in [0.2, 0.25) is 0 Å². The van der Waals surface area contributed by atoms with Crippen LogP contribution in [0.2, 0.25) is 0 Å². The first-order valence-electron chi connectivity index (χ1n) is 8.27. The molecule has 0 bridgehead atoms. The summed E-state index contributed by atoms with van der Waals surface area (Å²) in [5.41, 5.74) is 2.58. The lowest BCUT2D eigenvalue weighted by Crippen LogP contribution is -2.29. The zero-order valence-electron chi connectivity index (χ0n) is 13.5. The van der Waals surface area contributed by atoms with Gasteiger partial charge in [0.05, 0.1) is 12.0 Å². The monoisotopic (exact) mass is 311 g/mol. The molecule has 0 radical (unpaired) electrons. The molecular weight excluding hydrogens is 282 g/mol. The lowest BCUT2D eigenvalue weighted by Gasteiger charge is -2.22. The van der Waals surface area contributed by atoms with Crippen LogP contribution < -0.4 is 0 Å². The van der Waals surface area contributed by atoms with Crippen LogP contribution in [0.3, 0.4) is 0 Å². The molecule has 2 nitrogen and oxygen atoms in total. The first-order valence-corrected chi connectivity index (χ1v) is 8.71. The number of likely N-dealkylation sites (N-methyl/N-ethyl adjacent to an activating group) is 1. The molecule has 0 spiro atoms. The first kappa shape index (κ1) is 18.5. The fourth-order valence-corrected chi connectivity index (χ4v) is 2.84. The minimum atomic E-state index is -0.00867. The van der Waals surface area contributed by atoms with E-state index < -0.39 is 0 Å². The highest BCUT2D eigenvalue weighted by Crippen LogP contribution is 2.22. The Labute approximate surface area is 135 Å². The molecule has 120 valence electrons. The van der Waals surface area contributed by atoms with Crippen LogP contribution in [0.5, 0.6) is 0 Å². The van der Waals surface area contributed by atoms with Crippen LogP contribution in [-0.2, 0) is 6.42 Å². The Kier molecular flexibility index (Phi) is 9.73. The molecule has 1 atom stereocenters. The number of aliphatic hydroxyl groups excluding tert-OH is 1. The highest BCUT2D eigenvalue weighted by molar-refractivity contribution is 6.21. The van der Waals surface area contributed by atoms with Gasteiger partial charge in [-0.15, -0.1) is 11.6 Å². The molecule has 1 aromatic carbocycles. The van der Waals surface area contributed by atoms with Gasteiger partial charge >= 0.3 is 0 Å². The van der Waals surface area contributed by atoms with Crippen LogP contribution in [0.25, 0.3) is 0 Å². The van der Waals surface area contributed by atoms with Gasteiger partial charge < -0.3 is 5.11 Å². The quantitative estimate of drug-likeness (QED) is 0.483. The summed E-state index contributed by atoms with van der Waals surface area (Å²) < 4.78 is 0. The van der Waals surface area contributed by atoms with Crippen molar-refractivity contribution < 1.29 is 5.11 Å². The van der Waals surface area contributed by atoms with E-state index in [-0.39, 0.29) is 12.0 Å². The fraction of sp³-hybridized carbons (Fsp3) is 0.667. The molecule has 0 aliphatic heterocycles. The van der Waals surface area contributed by atoms with Crippen molar-refractivity contribution in [2.45, 2.75) is 51.3 Å². The molecule has 21 heavy (non-hydrogen) atoms. The van der Waals surface area contributed by atoms with Gasteiger partial charge in [0.1, 0.15) is 0 Å². The van der Waals surface area contributed by atoms with Gasteiger partial charge in [0, 0.05) is 13.1 Å². The number of rotatable bonds is 11. The molecule has 0 aliphatic carbocycles. The molecule has 1 aromatic rings. The Morgan fingerprint density at radius 3 is 2.38 bits per heavy atom. The van der Waals surface area contributed by atoms with Crippen LogP contribution in [0, 0.1) is 0 Å². The molecular formula is C18H30ClNO. The zero-order chi connectivity index (χ0) is 15.5. The number of nitrogens with zero attached hydrogens (tertiary/aromatic N) is 1. The van der Waals surface area contributed by atoms with Crippen molar-refractivity contribution >= 4 is 11.6 Å². The van der Waals surface area contributed by atoms with Crippen molar-refractivity contribution in [2.24, 2.45) is 0 Å². The smallest absolute Gasteiger partial charge is 0.0712 e. The molecule has 0 aliphatic rings. The predicted octanol–water partition coefficient (Wildman–Crippen LogP) is 4.40. The Morgan fingerprint density at radius 2 is 1.81 bits per heavy atom. The summed E-state index contributed by atoms with van der Waals surface area (Å²) in [6, 6.07) is 8.72. The number of hydrogen-bond donors (Lipinski definition) is 1. The maximum Gasteiger partial charge on any atom is 0.0712 e. The second-order valence-electron chi connectivity index (χ2n) is 5.64. The summed E-state index contributed by atoms with van der Waals surface area (Å²) in [6.45, 7) is 6.92. The number of alkyl halides is 1. The number of aliphatic hydroxyl groups is 1. The number of unbranched alkanes of at least 4 members (excludes halogenated alkanes) is 3. The standard InChI is InChI=1S/C18H30ClNO/c1-3-5-6-7-8-16-9-11-17(12-10-16)18(19)15-20(4-2)13-14-21/h9-12,18,21H,3-8,13-15H2,1-2H3. The molecule has 1 N–H and O–H groups in total. The fourth-order valence-electron chi connectivity index (χ4n) is 2.50. The highest BCUT2D eigenvalue weighted by atomic mass is 35.5. The molecule has 0 heterocycles. The minimum absolute atomic E-state index is 0.00867. The van der Waals surface area contributed by atoms with Gasteiger partial charge in [0.25, 0.3) is 0 Å². The Morgan fingerprint density at radius 1 is 1.10 bits per heavy atom. The average Bonchev–Trinajstić information content (AvgIpc) is 2.51. The van der Waals surface area contributed by atoms with Crippen molar-refractivity contribution in [3.63, 3.8) is 0 Å². The van der Waals surface area contributed by atoms with Crippen LogP contribution >= 0.6 is 11.6 Å². The Bertz CT molecular complexity index is 366. The highest BCUT2D eigenvalue weighted by Gasteiger charge is 2.12. The van der Waals surface area contributed by atoms with Gasteiger partial charge in [-0.3, -0.25) is 4.90 Å². The second-order valence-corrected chi connectivity index (χ2v) is 6.16. The van der Waals surface area contributed by atoms with Gasteiger partial charge in [-0.25, -0.2) is 0 Å². The number of halogens is 1. The lowest BCUT2D eigenvalue weighted by molar-refractivity contribution is 0.202. The predicted molar refractivity (Wildman–Crippen MR) is 92.1 cm³/mol. The van der Waals surface area contributed by atoms with E-state index in [9.17, 15) is 0 Å². The van der Waals surface area contributed by atoms with E-state index in [1.54, 1.807) is 0 Å². The number of aryl methyl sites for hydroxylation is 1. The zero-order valence-corrected chi connectivity index (χ0v) is 14.3. The summed E-state index contributed by atoms with van der Waals surface area (Å²) in [4.78, 5) is 2.18. The average molecular weight is 312 g/mol. The SMILES string of the molecule is CCCCCCc1ccc(C(Cl)CN(CC)CCO)cc1. The van der Waals surface area contributed by atoms with E-state index in [1.165, 1.54) is 43.2 Å². The Hall–Kier alpha value is -0.570. The third-order valence-electron chi connectivity index (χ3n) is 3.94. The van der Waals surface area contributed by atoms with Crippen LogP contribution in [0.15, 0.2) is 24.3 Å². The van der Waals surface area contributed by atoms with Crippen LogP contribution in [-0.4, -0.2) is 36.2 Å². The van der Waals surface area contributed by atoms with Crippen molar-refractivity contribution in [1.82, 2.24) is 4.90 Å². The van der Waals surface area contributed by atoms with Gasteiger partial charge in [-0.2, -0.15) is 0 Å². The van der Waals surface area contributed by atoms with Crippen molar-refractivity contribution in [3.8, 4) is 0 Å². The van der Waals surface area contributed by atoms with Crippen molar-refractivity contribution in [2.75, 3.05) is 26.2 Å². The molecule has 1 rings (SSSR count). The largest absolute Gasteiger partial charge is 0.395 e. The molecule has 0 fully saturated rings. The van der Waals surface area contributed by atoms with Crippen LogP contribution in [0.4, 0.5) is 0 Å². The normalized spacial score (nSPS) is 12.8. The number of benzene rings is 1. The third-order valence-corrected chi connectivity index (χ3v) is 4.33. The number of hydrogen-bond acceptors (Lipinski definition) is 2. The van der Waals surface area contributed by atoms with Crippen LogP contribution in [0.1, 0.15) is 56.0 Å². The molecule has 0 aromatic heterocycles. The van der Waals surface area contributed by atoms with Crippen molar-refractivity contribution in [3.05, 3.63) is 35.4 Å². The van der Waals surface area contributed by atoms with Gasteiger partial charge in [-0.1, -0.05) is 57.4 Å². The summed E-state index contributed by atoms with van der Waals surface area (Å²) >= 11 is 6.49. The van der Waals surface area contributed by atoms with E-state index in [4.69, 9.17) is 16.7 Å². The van der Waals surface area contributed by atoms with Gasteiger partial charge in [-0.05, 0) is 30.5 Å². The molecule has 0 saturated heterocycles. The minimum Gasteiger partial charge on any atom is -0.395 e. The van der Waals surface area contributed by atoms with E-state index in [0.29, 0.717) is 6.54 Å². The molecule has 3 heteroatoms. The van der Waals surface area contributed by atoms with E-state index >= 15 is 0 Å². The summed E-state index contributed by atoms with van der Waals surface area (Å²) in [6.07, 6.45) is 6.38. The van der Waals surface area contributed by atoms with E-state index in [2.05, 4.69) is 43.0 Å². The van der Waals surface area contributed by atoms with E-state index in [1.807, 2.05) is 0 Å². The third kappa shape index (κ3) is 7.30. The maximum absolute atomic E-state index is 9.02. The Balaban J connectivity index is 2.44. The van der Waals surface area contributed by atoms with E-state index in [0.717, 1.165) is 13.1 Å². The molecule has 0 amide bonds. The summed E-state index contributed by atoms with van der Waals surface area (Å²) in [7, 11) is 0. The maximum atomic E-state index is 9.02. The first-order chi connectivity index (χ1) is 10.2. The van der Waals surface area contributed by atoms with Gasteiger partial charge in [0.15, 0.2) is 0 Å². The summed E-state index contributed by atoms with van der Waals surface area (Å²) in [5.74, 6) is 0. The topological polar surface area (TPSA) is 23.5 Å². The summed E-state index contributed by atoms with van der Waals surface area (Å²) in [5, 5.41) is 9.01. The lowest BCUT2D eigenvalue weighted by atomic mass is 10.0.